The maximum atomic E-state index is 13.8. The van der Waals surface area contributed by atoms with E-state index in [-0.39, 0.29) is 17.6 Å². The molecule has 2 N–H and O–H groups in total. The topological polar surface area (TPSA) is 76.0 Å². The number of hydrogen-bond acceptors (Lipinski definition) is 3. The fourth-order valence-electron chi connectivity index (χ4n) is 4.63. The van der Waals surface area contributed by atoms with E-state index in [1.807, 2.05) is 13.0 Å². The molecule has 0 fully saturated rings. The van der Waals surface area contributed by atoms with Crippen molar-refractivity contribution in [1.82, 2.24) is 14.9 Å². The molecule has 0 radical (unpaired) electrons. The van der Waals surface area contributed by atoms with Crippen molar-refractivity contribution in [2.45, 2.75) is 26.8 Å². The lowest BCUT2D eigenvalue weighted by molar-refractivity contribution is -0.114. The first-order chi connectivity index (χ1) is 16.9. The van der Waals surface area contributed by atoms with Crippen LogP contribution in [0.15, 0.2) is 66.9 Å². The standard InChI is InChI=1S/C28H25FN4O2/c1-17-3-5-19(6-4-17)16-33-23-12-14-31-28(35)26(23)25(20-7-9-22(29)10-8-20)27(33)21-11-13-30-24(15-21)32-18(2)34/h3-11,13,15H,12,14,16H2,1-2H3,(H,31,35)(H,30,32,34). The van der Waals surface area contributed by atoms with Gasteiger partial charge in [0.05, 0.1) is 11.3 Å². The maximum absolute atomic E-state index is 13.8. The summed E-state index contributed by atoms with van der Waals surface area (Å²) in [4.78, 5) is 29.1. The van der Waals surface area contributed by atoms with Gasteiger partial charge in [-0.3, -0.25) is 9.59 Å². The van der Waals surface area contributed by atoms with Crippen LogP contribution < -0.4 is 10.6 Å². The first-order valence-corrected chi connectivity index (χ1v) is 11.5. The molecule has 4 aromatic rings. The van der Waals surface area contributed by atoms with E-state index in [1.54, 1.807) is 24.4 Å². The lowest BCUT2D eigenvalue weighted by atomic mass is 9.95. The number of benzene rings is 2. The molecule has 1 aliphatic heterocycles. The molecule has 2 aromatic heterocycles. The Morgan fingerprint density at radius 3 is 2.51 bits per heavy atom. The average Bonchev–Trinajstić information content (AvgIpc) is 3.16. The monoisotopic (exact) mass is 468 g/mol. The molecule has 2 aromatic carbocycles. The molecule has 35 heavy (non-hydrogen) atoms. The molecule has 0 saturated carbocycles. The van der Waals surface area contributed by atoms with E-state index in [2.05, 4.69) is 44.5 Å². The second-order valence-corrected chi connectivity index (χ2v) is 8.74. The Morgan fingerprint density at radius 2 is 1.80 bits per heavy atom. The van der Waals surface area contributed by atoms with Crippen LogP contribution in [0.5, 0.6) is 0 Å². The molecule has 3 heterocycles. The SMILES string of the molecule is CC(=O)Nc1cc(-c2c(-c3ccc(F)cc3)c3c(n2Cc2ccc(C)cc2)CCNC3=O)ccn1. The molecule has 1 aliphatic rings. The Bertz CT molecular complexity index is 1420. The number of nitrogens with zero attached hydrogens (tertiary/aromatic N) is 2. The van der Waals surface area contributed by atoms with Crippen LogP contribution in [0, 0.1) is 12.7 Å². The highest BCUT2D eigenvalue weighted by atomic mass is 19.1. The number of halogens is 1. The molecule has 0 saturated heterocycles. The van der Waals surface area contributed by atoms with E-state index in [0.717, 1.165) is 33.6 Å². The number of aromatic nitrogens is 2. The number of fused-ring (bicyclic) bond motifs is 1. The fourth-order valence-corrected chi connectivity index (χ4v) is 4.63. The van der Waals surface area contributed by atoms with Gasteiger partial charge in [-0.2, -0.15) is 0 Å². The van der Waals surface area contributed by atoms with Crippen LogP contribution in [0.1, 0.15) is 34.1 Å². The van der Waals surface area contributed by atoms with Crippen molar-refractivity contribution in [1.29, 1.82) is 0 Å². The van der Waals surface area contributed by atoms with Gasteiger partial charge in [-0.1, -0.05) is 42.0 Å². The highest BCUT2D eigenvalue weighted by Crippen LogP contribution is 2.41. The largest absolute Gasteiger partial charge is 0.352 e. The molecule has 0 aliphatic carbocycles. The summed E-state index contributed by atoms with van der Waals surface area (Å²) in [7, 11) is 0. The van der Waals surface area contributed by atoms with E-state index >= 15 is 0 Å². The zero-order chi connectivity index (χ0) is 24.5. The van der Waals surface area contributed by atoms with Crippen molar-refractivity contribution in [3.8, 4) is 22.4 Å². The van der Waals surface area contributed by atoms with Gasteiger partial charge in [0.25, 0.3) is 5.91 Å². The summed E-state index contributed by atoms with van der Waals surface area (Å²) in [6, 6.07) is 18.2. The van der Waals surface area contributed by atoms with E-state index in [0.29, 0.717) is 30.9 Å². The summed E-state index contributed by atoms with van der Waals surface area (Å²) < 4.78 is 16.0. The van der Waals surface area contributed by atoms with E-state index in [9.17, 15) is 14.0 Å². The van der Waals surface area contributed by atoms with Crippen LogP contribution in [0.3, 0.4) is 0 Å². The van der Waals surface area contributed by atoms with Crippen LogP contribution in [0.2, 0.25) is 0 Å². The van der Waals surface area contributed by atoms with Gasteiger partial charge in [0.1, 0.15) is 11.6 Å². The third kappa shape index (κ3) is 4.45. The molecule has 0 spiro atoms. The summed E-state index contributed by atoms with van der Waals surface area (Å²) in [5.41, 5.74) is 6.92. The summed E-state index contributed by atoms with van der Waals surface area (Å²) >= 11 is 0. The third-order valence-corrected chi connectivity index (χ3v) is 6.18. The van der Waals surface area contributed by atoms with Gasteiger partial charge in [-0.15, -0.1) is 0 Å². The first-order valence-electron chi connectivity index (χ1n) is 11.5. The normalized spacial score (nSPS) is 12.7. The minimum absolute atomic E-state index is 0.148. The lowest BCUT2D eigenvalue weighted by Gasteiger charge is -2.18. The average molecular weight is 469 g/mol. The fraction of sp³-hybridized carbons (Fsp3) is 0.179. The molecular formula is C28H25FN4O2. The predicted octanol–water partition coefficient (Wildman–Crippen LogP) is 4.96. The predicted molar refractivity (Wildman–Crippen MR) is 134 cm³/mol. The van der Waals surface area contributed by atoms with E-state index in [1.165, 1.54) is 24.6 Å². The maximum Gasteiger partial charge on any atom is 0.253 e. The molecule has 0 bridgehead atoms. The Balaban J connectivity index is 1.79. The molecule has 7 heteroatoms. The van der Waals surface area contributed by atoms with Crippen LogP contribution in [-0.2, 0) is 17.8 Å². The second kappa shape index (κ2) is 9.18. The first kappa shape index (κ1) is 22.5. The van der Waals surface area contributed by atoms with Crippen LogP contribution in [0.4, 0.5) is 10.2 Å². The molecule has 0 atom stereocenters. The summed E-state index contributed by atoms with van der Waals surface area (Å²) in [6.45, 7) is 4.58. The number of pyridine rings is 1. The summed E-state index contributed by atoms with van der Waals surface area (Å²) in [5, 5.41) is 5.70. The Hall–Kier alpha value is -4.26. The number of nitrogens with one attached hydrogen (secondary N) is 2. The number of amides is 2. The van der Waals surface area contributed by atoms with Crippen molar-refractivity contribution >= 4 is 17.6 Å². The van der Waals surface area contributed by atoms with Crippen LogP contribution in [-0.4, -0.2) is 27.9 Å². The molecular weight excluding hydrogens is 443 g/mol. The van der Waals surface area contributed by atoms with Crippen molar-refractivity contribution in [3.63, 3.8) is 0 Å². The van der Waals surface area contributed by atoms with Gasteiger partial charge in [0.15, 0.2) is 0 Å². The van der Waals surface area contributed by atoms with Gasteiger partial charge in [-0.05, 0) is 42.3 Å². The number of hydrogen-bond donors (Lipinski definition) is 2. The number of carbonyl (C=O) groups excluding carboxylic acids is 2. The van der Waals surface area contributed by atoms with Crippen LogP contribution in [0.25, 0.3) is 22.4 Å². The van der Waals surface area contributed by atoms with Crippen molar-refractivity contribution in [2.75, 3.05) is 11.9 Å². The molecule has 5 rings (SSSR count). The van der Waals surface area contributed by atoms with E-state index < -0.39 is 0 Å². The zero-order valence-corrected chi connectivity index (χ0v) is 19.6. The third-order valence-electron chi connectivity index (χ3n) is 6.18. The van der Waals surface area contributed by atoms with E-state index in [4.69, 9.17) is 0 Å². The van der Waals surface area contributed by atoms with Crippen molar-refractivity contribution < 1.29 is 14.0 Å². The number of anilines is 1. The molecule has 2 amide bonds. The highest BCUT2D eigenvalue weighted by molar-refractivity contribution is 6.07. The quantitative estimate of drug-likeness (QED) is 0.435. The van der Waals surface area contributed by atoms with Crippen LogP contribution >= 0.6 is 0 Å². The molecule has 0 unspecified atom stereocenters. The molecule has 6 nitrogen and oxygen atoms in total. The number of rotatable bonds is 5. The smallest absolute Gasteiger partial charge is 0.253 e. The minimum Gasteiger partial charge on any atom is -0.352 e. The van der Waals surface area contributed by atoms with Gasteiger partial charge < -0.3 is 15.2 Å². The van der Waals surface area contributed by atoms with Gasteiger partial charge in [0.2, 0.25) is 5.91 Å². The number of aryl methyl sites for hydroxylation is 1. The van der Waals surface area contributed by atoms with Gasteiger partial charge >= 0.3 is 0 Å². The second-order valence-electron chi connectivity index (χ2n) is 8.74. The lowest BCUT2D eigenvalue weighted by Crippen LogP contribution is -2.32. The Kier molecular flexibility index (Phi) is 5.91. The summed E-state index contributed by atoms with van der Waals surface area (Å²) in [6.07, 6.45) is 2.31. The minimum atomic E-state index is -0.343. The van der Waals surface area contributed by atoms with Gasteiger partial charge in [-0.25, -0.2) is 9.37 Å². The summed E-state index contributed by atoms with van der Waals surface area (Å²) in [5.74, 6) is -0.289. The Morgan fingerprint density at radius 1 is 1.06 bits per heavy atom. The Labute approximate surface area is 202 Å². The van der Waals surface area contributed by atoms with Crippen molar-refractivity contribution in [3.05, 3.63) is 95.1 Å². The number of carbonyl (C=O) groups is 2. The zero-order valence-electron chi connectivity index (χ0n) is 19.6. The molecule has 176 valence electrons. The van der Waals surface area contributed by atoms with Crippen molar-refractivity contribution in [2.24, 2.45) is 0 Å². The van der Waals surface area contributed by atoms with Gasteiger partial charge in [0, 0.05) is 49.5 Å². The highest BCUT2D eigenvalue weighted by Gasteiger charge is 2.31.